The Morgan fingerprint density at radius 1 is 1.18 bits per heavy atom. The summed E-state index contributed by atoms with van der Waals surface area (Å²) >= 11 is 0. The van der Waals surface area contributed by atoms with E-state index >= 15 is 0 Å². The van der Waals surface area contributed by atoms with Gasteiger partial charge in [-0.15, -0.1) is 0 Å². The first-order valence-electron chi connectivity index (χ1n) is 8.38. The van der Waals surface area contributed by atoms with Crippen molar-refractivity contribution in [3.8, 4) is 0 Å². The molecule has 0 unspecified atom stereocenters. The molecule has 22 heavy (non-hydrogen) atoms. The molecule has 0 aromatic heterocycles. The van der Waals surface area contributed by atoms with E-state index in [1.54, 1.807) is 7.11 Å². The van der Waals surface area contributed by atoms with Gasteiger partial charge in [-0.3, -0.25) is 4.79 Å². The van der Waals surface area contributed by atoms with E-state index in [-0.39, 0.29) is 0 Å². The van der Waals surface area contributed by atoms with Crippen LogP contribution >= 0.6 is 0 Å². The van der Waals surface area contributed by atoms with E-state index in [1.807, 2.05) is 0 Å². The number of fused-ring (bicyclic) bond motifs is 1. The molecule has 0 aliphatic carbocycles. The van der Waals surface area contributed by atoms with Gasteiger partial charge in [-0.2, -0.15) is 0 Å². The van der Waals surface area contributed by atoms with Crippen LogP contribution in [0.25, 0.3) is 0 Å². The second-order valence-corrected chi connectivity index (χ2v) is 6.37. The number of carbonyl (C=O) groups excluding carboxylic acids is 1. The molecule has 0 saturated carbocycles. The van der Waals surface area contributed by atoms with Gasteiger partial charge in [0, 0.05) is 51.8 Å². The second-order valence-electron chi connectivity index (χ2n) is 6.37. The van der Waals surface area contributed by atoms with Crippen molar-refractivity contribution in [2.24, 2.45) is 0 Å². The molecular weight excluding hydrogens is 276 g/mol. The SMILES string of the molecule is COCc1cc2c(cc1CCN1CCC(=O)CC1)NCCC2. The largest absolute Gasteiger partial charge is 0.385 e. The molecular formula is C18H26N2O2. The normalized spacial score (nSPS) is 18.9. The van der Waals surface area contributed by atoms with Gasteiger partial charge in [0.2, 0.25) is 0 Å². The third-order valence-corrected chi connectivity index (χ3v) is 4.77. The lowest BCUT2D eigenvalue weighted by molar-refractivity contribution is -0.121. The predicted molar refractivity (Wildman–Crippen MR) is 88.4 cm³/mol. The molecule has 0 radical (unpaired) electrons. The third kappa shape index (κ3) is 3.68. The minimum absolute atomic E-state index is 0.411. The number of piperidine rings is 1. The number of ketones is 1. The highest BCUT2D eigenvalue weighted by Gasteiger charge is 2.17. The van der Waals surface area contributed by atoms with Gasteiger partial charge >= 0.3 is 0 Å². The number of aryl methyl sites for hydroxylation is 1. The number of methoxy groups -OCH3 is 1. The van der Waals surface area contributed by atoms with E-state index in [9.17, 15) is 4.79 Å². The fourth-order valence-electron chi connectivity index (χ4n) is 3.44. The molecule has 120 valence electrons. The summed E-state index contributed by atoms with van der Waals surface area (Å²) in [7, 11) is 1.76. The van der Waals surface area contributed by atoms with Gasteiger partial charge in [-0.05, 0) is 42.0 Å². The smallest absolute Gasteiger partial charge is 0.135 e. The Bertz CT molecular complexity index is 532. The molecule has 2 heterocycles. The van der Waals surface area contributed by atoms with E-state index in [2.05, 4.69) is 22.3 Å². The zero-order valence-corrected chi connectivity index (χ0v) is 13.5. The van der Waals surface area contributed by atoms with Crippen LogP contribution in [0, 0.1) is 0 Å². The van der Waals surface area contributed by atoms with E-state index in [4.69, 9.17) is 4.74 Å². The predicted octanol–water partition coefficient (Wildman–Crippen LogP) is 2.40. The quantitative estimate of drug-likeness (QED) is 0.907. The Balaban J connectivity index is 1.69. The molecule has 0 amide bonds. The van der Waals surface area contributed by atoms with Crippen molar-refractivity contribution in [2.45, 2.75) is 38.7 Å². The topological polar surface area (TPSA) is 41.6 Å². The number of rotatable bonds is 5. The van der Waals surface area contributed by atoms with Crippen molar-refractivity contribution >= 4 is 11.5 Å². The summed E-state index contributed by atoms with van der Waals surface area (Å²) in [5.74, 6) is 0.411. The number of nitrogens with zero attached hydrogens (tertiary/aromatic N) is 1. The summed E-state index contributed by atoms with van der Waals surface area (Å²) in [4.78, 5) is 13.7. The number of carbonyl (C=O) groups is 1. The highest BCUT2D eigenvalue weighted by atomic mass is 16.5. The lowest BCUT2D eigenvalue weighted by Crippen LogP contribution is -2.35. The summed E-state index contributed by atoms with van der Waals surface area (Å²) < 4.78 is 5.39. The molecule has 4 nitrogen and oxygen atoms in total. The lowest BCUT2D eigenvalue weighted by Gasteiger charge is -2.27. The van der Waals surface area contributed by atoms with Crippen molar-refractivity contribution in [3.05, 3.63) is 28.8 Å². The molecule has 0 bridgehead atoms. The Labute approximate surface area is 132 Å². The zero-order valence-electron chi connectivity index (χ0n) is 13.5. The van der Waals surface area contributed by atoms with Crippen molar-refractivity contribution in [1.29, 1.82) is 0 Å². The maximum Gasteiger partial charge on any atom is 0.135 e. The maximum absolute atomic E-state index is 11.3. The Kier molecular flexibility index (Phi) is 5.11. The number of hydrogen-bond acceptors (Lipinski definition) is 4. The van der Waals surface area contributed by atoms with Crippen molar-refractivity contribution in [1.82, 2.24) is 4.90 Å². The Morgan fingerprint density at radius 2 is 2.00 bits per heavy atom. The van der Waals surface area contributed by atoms with Gasteiger partial charge in [0.15, 0.2) is 0 Å². The summed E-state index contributed by atoms with van der Waals surface area (Å²) in [5, 5.41) is 3.52. The summed E-state index contributed by atoms with van der Waals surface area (Å²) in [6, 6.07) is 4.64. The summed E-state index contributed by atoms with van der Waals surface area (Å²) in [5.41, 5.74) is 5.42. The van der Waals surface area contributed by atoms with Crippen LogP contribution in [-0.2, 0) is 29.0 Å². The van der Waals surface area contributed by atoms with Crippen molar-refractivity contribution < 1.29 is 9.53 Å². The fraction of sp³-hybridized carbons (Fsp3) is 0.611. The highest BCUT2D eigenvalue weighted by molar-refractivity contribution is 5.79. The average molecular weight is 302 g/mol. The number of benzene rings is 1. The molecule has 1 saturated heterocycles. The number of Topliss-reactive ketones (excluding diaryl/α,β-unsaturated/α-hetero) is 1. The monoisotopic (exact) mass is 302 g/mol. The van der Waals surface area contributed by atoms with Gasteiger partial charge in [-0.25, -0.2) is 0 Å². The van der Waals surface area contributed by atoms with E-state index in [0.29, 0.717) is 12.4 Å². The summed E-state index contributed by atoms with van der Waals surface area (Å²) in [6.45, 7) is 4.62. The first-order valence-corrected chi connectivity index (χ1v) is 8.38. The molecule has 2 aliphatic heterocycles. The lowest BCUT2D eigenvalue weighted by atomic mass is 9.95. The third-order valence-electron chi connectivity index (χ3n) is 4.77. The number of likely N-dealkylation sites (tertiary alicyclic amines) is 1. The molecule has 1 aromatic rings. The van der Waals surface area contributed by atoms with Crippen molar-refractivity contribution in [2.75, 3.05) is 38.6 Å². The van der Waals surface area contributed by atoms with Gasteiger partial charge in [0.1, 0.15) is 5.78 Å². The number of ether oxygens (including phenoxy) is 1. The zero-order chi connectivity index (χ0) is 15.4. The standard InChI is InChI=1S/C18H26N2O2/c1-22-13-16-11-15-3-2-7-19-18(15)12-14(16)4-8-20-9-5-17(21)6-10-20/h11-12,19H,2-10,13H2,1H3. The molecule has 0 spiro atoms. The van der Waals surface area contributed by atoms with Gasteiger partial charge in [-0.1, -0.05) is 6.07 Å². The number of nitrogens with one attached hydrogen (secondary N) is 1. The highest BCUT2D eigenvalue weighted by Crippen LogP contribution is 2.27. The van der Waals surface area contributed by atoms with Gasteiger partial charge in [0.05, 0.1) is 6.61 Å². The second kappa shape index (κ2) is 7.25. The first-order chi connectivity index (χ1) is 10.8. The molecule has 4 heteroatoms. The number of anilines is 1. The molecule has 2 aliphatic rings. The molecule has 1 aromatic carbocycles. The number of hydrogen-bond donors (Lipinski definition) is 1. The Hall–Kier alpha value is -1.39. The van der Waals surface area contributed by atoms with Crippen LogP contribution in [0.15, 0.2) is 12.1 Å². The van der Waals surface area contributed by atoms with Gasteiger partial charge in [0.25, 0.3) is 0 Å². The van der Waals surface area contributed by atoms with Crippen molar-refractivity contribution in [3.63, 3.8) is 0 Å². The molecule has 0 atom stereocenters. The van der Waals surface area contributed by atoms with Crippen LogP contribution in [0.2, 0.25) is 0 Å². The van der Waals surface area contributed by atoms with Crippen LogP contribution in [0.3, 0.4) is 0 Å². The first kappa shape index (κ1) is 15.5. The van der Waals surface area contributed by atoms with E-state index in [1.165, 1.54) is 28.8 Å². The van der Waals surface area contributed by atoms with Crippen LogP contribution in [0.1, 0.15) is 36.0 Å². The maximum atomic E-state index is 11.3. The van der Waals surface area contributed by atoms with Crippen LogP contribution in [0.5, 0.6) is 0 Å². The van der Waals surface area contributed by atoms with Crippen LogP contribution in [-0.4, -0.2) is 44.0 Å². The average Bonchev–Trinajstić information content (AvgIpc) is 2.54. The minimum Gasteiger partial charge on any atom is -0.385 e. The van der Waals surface area contributed by atoms with E-state index in [0.717, 1.165) is 51.9 Å². The molecule has 1 N–H and O–H groups in total. The van der Waals surface area contributed by atoms with Crippen LogP contribution < -0.4 is 5.32 Å². The fourth-order valence-corrected chi connectivity index (χ4v) is 3.44. The van der Waals surface area contributed by atoms with E-state index < -0.39 is 0 Å². The van der Waals surface area contributed by atoms with Crippen LogP contribution in [0.4, 0.5) is 5.69 Å². The Morgan fingerprint density at radius 3 is 2.77 bits per heavy atom. The molecule has 3 rings (SSSR count). The minimum atomic E-state index is 0.411. The molecule has 1 fully saturated rings. The van der Waals surface area contributed by atoms with Gasteiger partial charge < -0.3 is 15.0 Å². The summed E-state index contributed by atoms with van der Waals surface area (Å²) in [6.07, 6.45) is 4.84.